The molecule has 0 aliphatic heterocycles. The Kier molecular flexibility index (Phi) is 31.3. The van der Waals surface area contributed by atoms with E-state index in [9.17, 15) is 19.0 Å². The molecular weight excluding hydrogens is 593 g/mol. The summed E-state index contributed by atoms with van der Waals surface area (Å²) in [4.78, 5) is 34.6. The van der Waals surface area contributed by atoms with Gasteiger partial charge in [-0.2, -0.15) is 0 Å². The van der Waals surface area contributed by atoms with E-state index in [2.05, 4.69) is 38.2 Å². The predicted octanol–water partition coefficient (Wildman–Crippen LogP) is 9.27. The Balaban J connectivity index is 4.29. The van der Waals surface area contributed by atoms with Crippen LogP contribution >= 0.6 is 7.82 Å². The van der Waals surface area contributed by atoms with Gasteiger partial charge in [0.05, 0.1) is 13.2 Å². The number of rotatable bonds is 33. The highest BCUT2D eigenvalue weighted by Crippen LogP contribution is 2.43. The first-order valence-electron chi connectivity index (χ1n) is 17.8. The van der Waals surface area contributed by atoms with Crippen molar-refractivity contribution in [2.75, 3.05) is 26.4 Å². The van der Waals surface area contributed by atoms with Crippen molar-refractivity contribution < 1.29 is 37.6 Å². The maximum absolute atomic E-state index is 12.5. The van der Waals surface area contributed by atoms with Gasteiger partial charge in [-0.25, -0.2) is 4.57 Å². The van der Waals surface area contributed by atoms with Gasteiger partial charge in [-0.3, -0.25) is 18.6 Å². The van der Waals surface area contributed by atoms with E-state index in [1.54, 1.807) is 0 Å². The third kappa shape index (κ3) is 32.2. The van der Waals surface area contributed by atoms with Crippen LogP contribution in [0.2, 0.25) is 0 Å². The van der Waals surface area contributed by atoms with Crippen LogP contribution < -0.4 is 5.73 Å². The number of carbonyl (C=O) groups excluding carboxylic acids is 2. The number of unbranched alkanes of at least 4 members (excludes halogenated alkanes) is 16. The van der Waals surface area contributed by atoms with Crippen LogP contribution in [0.4, 0.5) is 0 Å². The molecule has 0 saturated carbocycles. The Labute approximate surface area is 274 Å². The van der Waals surface area contributed by atoms with Crippen molar-refractivity contribution in [1.82, 2.24) is 0 Å². The molecule has 0 aliphatic carbocycles. The van der Waals surface area contributed by atoms with Gasteiger partial charge < -0.3 is 20.1 Å². The number of nitrogens with two attached hydrogens (primary N) is 1. The normalized spacial score (nSPS) is 13.8. The van der Waals surface area contributed by atoms with Crippen molar-refractivity contribution in [2.24, 2.45) is 5.73 Å². The molecule has 3 N–H and O–H groups in total. The van der Waals surface area contributed by atoms with Crippen LogP contribution in [0.25, 0.3) is 0 Å². The molecule has 264 valence electrons. The van der Waals surface area contributed by atoms with E-state index < -0.39 is 32.5 Å². The van der Waals surface area contributed by atoms with Crippen LogP contribution in [0, 0.1) is 0 Å². The molecule has 0 aliphatic rings. The van der Waals surface area contributed by atoms with Gasteiger partial charge in [-0.05, 0) is 64.2 Å². The first-order valence-corrected chi connectivity index (χ1v) is 19.3. The number of ether oxygens (including phenoxy) is 2. The molecule has 0 amide bonds. The first-order chi connectivity index (χ1) is 21.8. The van der Waals surface area contributed by atoms with Crippen LogP contribution in [0.5, 0.6) is 0 Å². The van der Waals surface area contributed by atoms with Gasteiger partial charge in [0, 0.05) is 19.4 Å². The molecule has 0 radical (unpaired) electrons. The van der Waals surface area contributed by atoms with E-state index in [0.29, 0.717) is 6.42 Å². The lowest BCUT2D eigenvalue weighted by Crippen LogP contribution is -2.29. The molecular formula is C35H66NO8P. The first kappa shape index (κ1) is 43.5. The van der Waals surface area contributed by atoms with Crippen LogP contribution in [0.15, 0.2) is 24.3 Å². The molecule has 0 saturated heterocycles. The van der Waals surface area contributed by atoms with Crippen molar-refractivity contribution in [3.05, 3.63) is 24.3 Å². The minimum absolute atomic E-state index is 0.0514. The predicted molar refractivity (Wildman–Crippen MR) is 183 cm³/mol. The van der Waals surface area contributed by atoms with Gasteiger partial charge in [0.2, 0.25) is 0 Å². The van der Waals surface area contributed by atoms with Crippen LogP contribution in [-0.2, 0) is 32.7 Å². The zero-order valence-corrected chi connectivity index (χ0v) is 29.5. The maximum atomic E-state index is 12.5. The molecule has 0 heterocycles. The number of hydrogen-bond acceptors (Lipinski definition) is 8. The number of carbonyl (C=O) groups is 2. The van der Waals surface area contributed by atoms with Crippen LogP contribution in [-0.4, -0.2) is 49.3 Å². The second kappa shape index (κ2) is 32.4. The maximum Gasteiger partial charge on any atom is 0.472 e. The highest BCUT2D eigenvalue weighted by atomic mass is 31.2. The van der Waals surface area contributed by atoms with Crippen molar-refractivity contribution >= 4 is 19.8 Å². The lowest BCUT2D eigenvalue weighted by molar-refractivity contribution is -0.161. The summed E-state index contributed by atoms with van der Waals surface area (Å²) in [6.07, 6.45) is 30.6. The Morgan fingerprint density at radius 3 is 1.58 bits per heavy atom. The van der Waals surface area contributed by atoms with E-state index in [1.807, 2.05) is 0 Å². The van der Waals surface area contributed by atoms with Crippen molar-refractivity contribution in [1.29, 1.82) is 0 Å². The fraction of sp³-hybridized carbons (Fsp3) is 0.829. The van der Waals surface area contributed by atoms with Crippen molar-refractivity contribution in [2.45, 2.75) is 161 Å². The molecule has 2 unspecified atom stereocenters. The Hall–Kier alpha value is -1.51. The molecule has 45 heavy (non-hydrogen) atoms. The second-order valence-electron chi connectivity index (χ2n) is 11.7. The number of phosphoric acid groups is 1. The van der Waals surface area contributed by atoms with Crippen molar-refractivity contribution in [3.63, 3.8) is 0 Å². The monoisotopic (exact) mass is 659 g/mol. The standard InChI is InChI=1S/C35H66NO8P/c1-3-5-7-9-11-13-15-17-19-21-23-25-27-34(37)41-31-33(32-43-45(39,40)42-30-29-36)44-35(38)28-26-24-22-20-18-16-14-12-10-8-6-4-2/h11-14,33H,3-10,15-32,36H2,1-2H3,(H,39,40)/b13-11-,14-12-. The summed E-state index contributed by atoms with van der Waals surface area (Å²) in [5, 5.41) is 0. The minimum Gasteiger partial charge on any atom is -0.462 e. The number of esters is 2. The molecule has 10 heteroatoms. The largest absolute Gasteiger partial charge is 0.472 e. The third-order valence-corrected chi connectivity index (χ3v) is 8.29. The number of allylic oxidation sites excluding steroid dienone is 4. The zero-order valence-electron chi connectivity index (χ0n) is 28.6. The van der Waals surface area contributed by atoms with Gasteiger partial charge in [-0.15, -0.1) is 0 Å². The summed E-state index contributed by atoms with van der Waals surface area (Å²) in [5.41, 5.74) is 5.32. The smallest absolute Gasteiger partial charge is 0.462 e. The van der Waals surface area contributed by atoms with E-state index >= 15 is 0 Å². The average Bonchev–Trinajstić information content (AvgIpc) is 3.02. The fourth-order valence-electron chi connectivity index (χ4n) is 4.62. The lowest BCUT2D eigenvalue weighted by atomic mass is 10.1. The second-order valence-corrected chi connectivity index (χ2v) is 13.2. The minimum atomic E-state index is -4.37. The summed E-state index contributed by atoms with van der Waals surface area (Å²) < 4.78 is 32.5. The summed E-state index contributed by atoms with van der Waals surface area (Å²) in [6.45, 7) is 3.64. The molecule has 0 aromatic carbocycles. The average molecular weight is 660 g/mol. The number of hydrogen-bond donors (Lipinski definition) is 2. The van der Waals surface area contributed by atoms with Gasteiger partial charge in [-0.1, -0.05) is 102 Å². The van der Waals surface area contributed by atoms with Crippen LogP contribution in [0.1, 0.15) is 155 Å². The molecule has 0 spiro atoms. The van der Waals surface area contributed by atoms with E-state index in [1.165, 1.54) is 44.9 Å². The highest BCUT2D eigenvalue weighted by molar-refractivity contribution is 7.47. The van der Waals surface area contributed by atoms with Gasteiger partial charge in [0.25, 0.3) is 0 Å². The quantitative estimate of drug-likeness (QED) is 0.0306. The fourth-order valence-corrected chi connectivity index (χ4v) is 5.39. The van der Waals surface area contributed by atoms with E-state index in [4.69, 9.17) is 24.3 Å². The summed E-state index contributed by atoms with van der Waals surface area (Å²) in [6, 6.07) is 0. The summed E-state index contributed by atoms with van der Waals surface area (Å²) >= 11 is 0. The molecule has 0 aromatic rings. The lowest BCUT2D eigenvalue weighted by Gasteiger charge is -2.19. The third-order valence-electron chi connectivity index (χ3n) is 7.31. The topological polar surface area (TPSA) is 134 Å². The molecule has 0 bridgehead atoms. The van der Waals surface area contributed by atoms with Gasteiger partial charge in [0.15, 0.2) is 6.10 Å². The zero-order chi connectivity index (χ0) is 33.3. The van der Waals surface area contributed by atoms with Crippen molar-refractivity contribution in [3.8, 4) is 0 Å². The number of phosphoric ester groups is 1. The molecule has 0 fully saturated rings. The van der Waals surface area contributed by atoms with E-state index in [-0.39, 0.29) is 32.6 Å². The molecule has 0 rings (SSSR count). The summed E-state index contributed by atoms with van der Waals surface area (Å²) in [7, 11) is -4.37. The molecule has 2 atom stereocenters. The van der Waals surface area contributed by atoms with Crippen LogP contribution in [0.3, 0.4) is 0 Å². The van der Waals surface area contributed by atoms with E-state index in [0.717, 1.165) is 77.0 Å². The molecule has 0 aromatic heterocycles. The van der Waals surface area contributed by atoms with Gasteiger partial charge in [0.1, 0.15) is 6.61 Å². The summed E-state index contributed by atoms with van der Waals surface area (Å²) in [5.74, 6) is -0.852. The highest BCUT2D eigenvalue weighted by Gasteiger charge is 2.25. The Morgan fingerprint density at radius 2 is 1.09 bits per heavy atom. The van der Waals surface area contributed by atoms with Gasteiger partial charge >= 0.3 is 19.8 Å². The Morgan fingerprint density at radius 1 is 0.644 bits per heavy atom. The Bertz CT molecular complexity index is 805. The molecule has 9 nitrogen and oxygen atoms in total. The SMILES string of the molecule is CCCCC/C=C\CCCCCCCC(=O)OCC(COP(=O)(O)OCCN)OC(=O)CCCCCCC/C=C\CCCCC.